The summed E-state index contributed by atoms with van der Waals surface area (Å²) >= 11 is 0. The van der Waals surface area contributed by atoms with Crippen molar-refractivity contribution >= 4 is 15.7 Å². The van der Waals surface area contributed by atoms with Crippen LogP contribution in [0.4, 0.5) is 0 Å². The minimum atomic E-state index is -2.96. The molecule has 2 aliphatic rings. The Morgan fingerprint density at radius 3 is 2.77 bits per heavy atom. The molecule has 2 fully saturated rings. The lowest BCUT2D eigenvalue weighted by Crippen LogP contribution is -2.39. The predicted molar refractivity (Wildman–Crippen MR) is 83.6 cm³/mol. The van der Waals surface area contributed by atoms with Crippen molar-refractivity contribution in [1.82, 2.24) is 14.7 Å². The molecule has 0 aromatic carbocycles. The number of carbonyl (C=O) groups excluding carboxylic acids is 1. The zero-order valence-electron chi connectivity index (χ0n) is 13.2. The van der Waals surface area contributed by atoms with E-state index in [1.807, 2.05) is 11.8 Å². The number of hydrogen-bond acceptors (Lipinski definition) is 4. The Hall–Kier alpha value is -1.37. The molecule has 6 nitrogen and oxygen atoms in total. The van der Waals surface area contributed by atoms with Gasteiger partial charge in [0.25, 0.3) is 5.91 Å². The van der Waals surface area contributed by atoms with Gasteiger partial charge in [0, 0.05) is 18.8 Å². The third-order valence-electron chi connectivity index (χ3n) is 4.77. The molecule has 1 aromatic rings. The van der Waals surface area contributed by atoms with Gasteiger partial charge in [-0.05, 0) is 32.1 Å². The summed E-state index contributed by atoms with van der Waals surface area (Å²) in [6.45, 7) is 5.62. The summed E-state index contributed by atoms with van der Waals surface area (Å²) in [5.41, 5.74) is 1.39. The zero-order chi connectivity index (χ0) is 15.9. The van der Waals surface area contributed by atoms with E-state index in [-0.39, 0.29) is 23.5 Å². The van der Waals surface area contributed by atoms with Gasteiger partial charge in [-0.1, -0.05) is 6.92 Å². The first-order valence-electron chi connectivity index (χ1n) is 7.91. The number of aromatic nitrogens is 2. The summed E-state index contributed by atoms with van der Waals surface area (Å²) in [5.74, 6) is 0.900. The fourth-order valence-corrected chi connectivity index (χ4v) is 5.21. The Bertz CT molecular complexity index is 680. The number of rotatable bonds is 2. The average Bonchev–Trinajstić information content (AvgIpc) is 3.00. The molecule has 7 heteroatoms. The van der Waals surface area contributed by atoms with E-state index in [2.05, 4.69) is 12.0 Å². The molecule has 0 spiro atoms. The molecule has 0 aliphatic carbocycles. The lowest BCUT2D eigenvalue weighted by atomic mass is 9.99. The SMILES string of the molecule is Cc1c(C(=O)N2CCCC(C)C2)cnn1C1CCS(=O)(=O)C1. The summed E-state index contributed by atoms with van der Waals surface area (Å²) in [4.78, 5) is 14.6. The van der Waals surface area contributed by atoms with Crippen LogP contribution < -0.4 is 0 Å². The minimum absolute atomic E-state index is 0.0242. The summed E-state index contributed by atoms with van der Waals surface area (Å²) in [6, 6.07) is -0.133. The van der Waals surface area contributed by atoms with Gasteiger partial charge in [-0.25, -0.2) is 8.42 Å². The molecular weight excluding hydrogens is 302 g/mol. The van der Waals surface area contributed by atoms with Crippen molar-refractivity contribution < 1.29 is 13.2 Å². The van der Waals surface area contributed by atoms with E-state index in [1.54, 1.807) is 10.9 Å². The highest BCUT2D eigenvalue weighted by molar-refractivity contribution is 7.91. The van der Waals surface area contributed by atoms with Gasteiger partial charge in [0.05, 0.1) is 29.3 Å². The van der Waals surface area contributed by atoms with Crippen LogP contribution in [0.1, 0.15) is 48.3 Å². The van der Waals surface area contributed by atoms with Crippen molar-refractivity contribution in [2.75, 3.05) is 24.6 Å². The standard InChI is InChI=1S/C15H23N3O3S/c1-11-4-3-6-17(9-11)15(19)14-8-16-18(12(14)2)13-5-7-22(20,21)10-13/h8,11,13H,3-7,9-10H2,1-2H3. The summed E-state index contributed by atoms with van der Waals surface area (Å²) in [7, 11) is -2.96. The molecule has 3 rings (SSSR count). The van der Waals surface area contributed by atoms with Gasteiger partial charge in [-0.2, -0.15) is 5.10 Å². The molecule has 0 saturated carbocycles. The Kier molecular flexibility index (Phi) is 4.01. The molecular formula is C15H23N3O3S. The third-order valence-corrected chi connectivity index (χ3v) is 6.52. The van der Waals surface area contributed by atoms with Gasteiger partial charge < -0.3 is 4.90 Å². The number of carbonyl (C=O) groups is 1. The van der Waals surface area contributed by atoms with Gasteiger partial charge in [-0.15, -0.1) is 0 Å². The third kappa shape index (κ3) is 2.91. The van der Waals surface area contributed by atoms with Crippen LogP contribution in [0.15, 0.2) is 6.20 Å². The van der Waals surface area contributed by atoms with Crippen LogP contribution >= 0.6 is 0 Å². The second-order valence-electron chi connectivity index (χ2n) is 6.64. The Labute approximate surface area is 131 Å². The molecule has 2 aliphatic heterocycles. The molecule has 22 heavy (non-hydrogen) atoms. The largest absolute Gasteiger partial charge is 0.338 e. The monoisotopic (exact) mass is 325 g/mol. The second kappa shape index (κ2) is 5.68. The molecule has 122 valence electrons. The number of likely N-dealkylation sites (tertiary alicyclic amines) is 1. The highest BCUT2D eigenvalue weighted by atomic mass is 32.2. The number of amides is 1. The highest BCUT2D eigenvalue weighted by Gasteiger charge is 2.32. The molecule has 2 saturated heterocycles. The van der Waals surface area contributed by atoms with E-state index in [9.17, 15) is 13.2 Å². The molecule has 0 bridgehead atoms. The van der Waals surface area contributed by atoms with Crippen LogP contribution in [-0.4, -0.2) is 53.6 Å². The van der Waals surface area contributed by atoms with Crippen molar-refractivity contribution in [3.63, 3.8) is 0 Å². The molecule has 2 unspecified atom stereocenters. The van der Waals surface area contributed by atoms with Crippen molar-refractivity contribution in [2.45, 2.75) is 39.2 Å². The van der Waals surface area contributed by atoms with Gasteiger partial charge in [-0.3, -0.25) is 9.48 Å². The lowest BCUT2D eigenvalue weighted by Gasteiger charge is -2.30. The van der Waals surface area contributed by atoms with E-state index in [4.69, 9.17) is 0 Å². The van der Waals surface area contributed by atoms with Crippen LogP contribution in [-0.2, 0) is 9.84 Å². The fraction of sp³-hybridized carbons (Fsp3) is 0.733. The number of piperidine rings is 1. The van der Waals surface area contributed by atoms with Crippen molar-refractivity contribution in [3.8, 4) is 0 Å². The van der Waals surface area contributed by atoms with Crippen molar-refractivity contribution in [2.24, 2.45) is 5.92 Å². The van der Waals surface area contributed by atoms with Crippen LogP contribution in [0.3, 0.4) is 0 Å². The maximum atomic E-state index is 12.7. The normalized spacial score (nSPS) is 28.0. The van der Waals surface area contributed by atoms with Gasteiger partial charge in [0.1, 0.15) is 0 Å². The topological polar surface area (TPSA) is 72.3 Å². The maximum absolute atomic E-state index is 12.7. The first-order chi connectivity index (χ1) is 10.4. The van der Waals surface area contributed by atoms with E-state index in [0.717, 1.165) is 25.2 Å². The smallest absolute Gasteiger partial charge is 0.257 e. The molecule has 1 aromatic heterocycles. The lowest BCUT2D eigenvalue weighted by molar-refractivity contribution is 0.0682. The highest BCUT2D eigenvalue weighted by Crippen LogP contribution is 2.26. The molecule has 1 amide bonds. The Balaban J connectivity index is 1.80. The van der Waals surface area contributed by atoms with E-state index in [0.29, 0.717) is 17.9 Å². The van der Waals surface area contributed by atoms with E-state index in [1.165, 1.54) is 6.42 Å². The Morgan fingerprint density at radius 2 is 2.14 bits per heavy atom. The summed E-state index contributed by atoms with van der Waals surface area (Å²) in [6.07, 6.45) is 4.39. The van der Waals surface area contributed by atoms with Crippen molar-refractivity contribution in [1.29, 1.82) is 0 Å². The number of sulfone groups is 1. The van der Waals surface area contributed by atoms with Crippen molar-refractivity contribution in [3.05, 3.63) is 17.5 Å². The maximum Gasteiger partial charge on any atom is 0.257 e. The minimum Gasteiger partial charge on any atom is -0.338 e. The van der Waals surface area contributed by atoms with E-state index >= 15 is 0 Å². The molecule has 2 atom stereocenters. The first-order valence-corrected chi connectivity index (χ1v) is 9.73. The summed E-state index contributed by atoms with van der Waals surface area (Å²) in [5, 5.41) is 4.30. The molecule has 3 heterocycles. The van der Waals surface area contributed by atoms with Crippen LogP contribution in [0.2, 0.25) is 0 Å². The van der Waals surface area contributed by atoms with Gasteiger partial charge in [0.2, 0.25) is 0 Å². The van der Waals surface area contributed by atoms with Crippen LogP contribution in [0.25, 0.3) is 0 Å². The predicted octanol–water partition coefficient (Wildman–Crippen LogP) is 1.42. The van der Waals surface area contributed by atoms with E-state index < -0.39 is 9.84 Å². The first kappa shape index (κ1) is 15.5. The van der Waals surface area contributed by atoms with Gasteiger partial charge in [0.15, 0.2) is 9.84 Å². The Morgan fingerprint density at radius 1 is 1.36 bits per heavy atom. The number of nitrogens with zero attached hydrogens (tertiary/aromatic N) is 3. The second-order valence-corrected chi connectivity index (χ2v) is 8.87. The van der Waals surface area contributed by atoms with Crippen LogP contribution in [0.5, 0.6) is 0 Å². The molecule has 0 radical (unpaired) electrons. The molecule has 0 N–H and O–H groups in total. The summed E-state index contributed by atoms with van der Waals surface area (Å²) < 4.78 is 25.0. The van der Waals surface area contributed by atoms with Crippen LogP contribution in [0, 0.1) is 12.8 Å². The number of hydrogen-bond donors (Lipinski definition) is 0. The average molecular weight is 325 g/mol. The quantitative estimate of drug-likeness (QED) is 0.824. The zero-order valence-corrected chi connectivity index (χ0v) is 14.0. The van der Waals surface area contributed by atoms with Gasteiger partial charge >= 0.3 is 0 Å². The fourth-order valence-electron chi connectivity index (χ4n) is 3.51.